The molecule has 0 unspecified atom stereocenters. The molecule has 0 bridgehead atoms. The van der Waals surface area contributed by atoms with Gasteiger partial charge in [-0.15, -0.1) is 0 Å². The topological polar surface area (TPSA) is 28.7 Å². The summed E-state index contributed by atoms with van der Waals surface area (Å²) >= 11 is 6.62. The zero-order valence-corrected chi connectivity index (χ0v) is 12.0. The number of aromatic nitrogens is 1. The van der Waals surface area contributed by atoms with Crippen molar-refractivity contribution in [2.24, 2.45) is 7.05 Å². The smallest absolute Gasteiger partial charge is 0.103 e. The first-order chi connectivity index (χ1) is 5.09. The number of nitrogens with zero attached hydrogens (tertiary/aromatic N) is 2. The van der Waals surface area contributed by atoms with E-state index in [9.17, 15) is 0 Å². The van der Waals surface area contributed by atoms with Crippen LogP contribution in [0.5, 0.6) is 0 Å². The molecular formula is C6H3I3N2. The second-order valence-corrected chi connectivity index (χ2v) is 5.06. The van der Waals surface area contributed by atoms with Gasteiger partial charge in [-0.1, -0.05) is 0 Å². The van der Waals surface area contributed by atoms with Crippen molar-refractivity contribution < 1.29 is 0 Å². The van der Waals surface area contributed by atoms with Gasteiger partial charge in [-0.25, -0.2) is 0 Å². The average Bonchev–Trinajstić information content (AvgIpc) is 2.17. The molecule has 0 N–H and O–H groups in total. The summed E-state index contributed by atoms with van der Waals surface area (Å²) in [4.78, 5) is 0. The monoisotopic (exact) mass is 484 g/mol. The van der Waals surface area contributed by atoms with Crippen molar-refractivity contribution in [1.29, 1.82) is 5.26 Å². The molecule has 5 heteroatoms. The highest BCUT2D eigenvalue weighted by atomic mass is 127. The molecule has 0 atom stereocenters. The molecule has 0 aliphatic carbocycles. The van der Waals surface area contributed by atoms with E-state index >= 15 is 0 Å². The van der Waals surface area contributed by atoms with Gasteiger partial charge < -0.3 is 4.57 Å². The van der Waals surface area contributed by atoms with Crippen LogP contribution in [0.4, 0.5) is 0 Å². The fourth-order valence-corrected chi connectivity index (χ4v) is 3.55. The Morgan fingerprint density at radius 3 is 2.00 bits per heavy atom. The molecule has 1 aromatic rings. The van der Waals surface area contributed by atoms with Gasteiger partial charge in [0, 0.05) is 7.05 Å². The average molecular weight is 484 g/mol. The molecule has 0 spiro atoms. The van der Waals surface area contributed by atoms with Crippen LogP contribution in [0.15, 0.2) is 0 Å². The number of nitriles is 1. The molecule has 1 aromatic heterocycles. The third-order valence-electron chi connectivity index (χ3n) is 1.31. The van der Waals surface area contributed by atoms with Gasteiger partial charge >= 0.3 is 0 Å². The molecule has 0 aliphatic rings. The maximum absolute atomic E-state index is 8.76. The summed E-state index contributed by atoms with van der Waals surface area (Å²) in [5.74, 6) is 0. The number of hydrogen-bond donors (Lipinski definition) is 0. The lowest BCUT2D eigenvalue weighted by atomic mass is 10.4. The minimum absolute atomic E-state index is 0.790. The molecule has 0 radical (unpaired) electrons. The highest BCUT2D eigenvalue weighted by Gasteiger charge is 2.14. The highest BCUT2D eigenvalue weighted by Crippen LogP contribution is 2.25. The molecule has 1 heterocycles. The molecule has 0 amide bonds. The Kier molecular flexibility index (Phi) is 3.45. The van der Waals surface area contributed by atoms with Crippen LogP contribution in [0.2, 0.25) is 0 Å². The Balaban J connectivity index is 3.51. The Morgan fingerprint density at radius 1 is 1.27 bits per heavy atom. The van der Waals surface area contributed by atoms with Gasteiger partial charge in [0.1, 0.15) is 6.07 Å². The van der Waals surface area contributed by atoms with E-state index in [1.54, 1.807) is 0 Å². The first kappa shape index (κ1) is 10.0. The maximum Gasteiger partial charge on any atom is 0.103 e. The molecule has 58 valence electrons. The molecule has 0 aliphatic heterocycles. The van der Waals surface area contributed by atoms with Crippen LogP contribution < -0.4 is 0 Å². The van der Waals surface area contributed by atoms with Crippen LogP contribution in [0.3, 0.4) is 0 Å². The van der Waals surface area contributed by atoms with Crippen LogP contribution in [0.25, 0.3) is 0 Å². The Hall–Kier alpha value is 0.960. The van der Waals surface area contributed by atoms with E-state index in [4.69, 9.17) is 5.26 Å². The summed E-state index contributed by atoms with van der Waals surface area (Å²) in [6.07, 6.45) is 0. The lowest BCUT2D eigenvalue weighted by Gasteiger charge is -1.94. The molecule has 1 rings (SSSR count). The van der Waals surface area contributed by atoms with Crippen LogP contribution in [0, 0.1) is 22.3 Å². The molecule has 2 nitrogen and oxygen atoms in total. The predicted octanol–water partition coefficient (Wildman–Crippen LogP) is 2.71. The predicted molar refractivity (Wildman–Crippen MR) is 68.3 cm³/mol. The summed E-state index contributed by atoms with van der Waals surface area (Å²) in [6.45, 7) is 0. The largest absolute Gasteiger partial charge is 0.333 e. The van der Waals surface area contributed by atoms with Gasteiger partial charge in [-0.2, -0.15) is 5.26 Å². The van der Waals surface area contributed by atoms with Crippen LogP contribution in [-0.2, 0) is 7.05 Å². The highest BCUT2D eigenvalue weighted by molar-refractivity contribution is 14.1. The standard InChI is InChI=1S/C6H3I3N2/c1-11-5(8)3(2-10)4(7)6(11)9/h1H3. The van der Waals surface area contributed by atoms with Gasteiger partial charge in [-0.05, 0) is 67.8 Å². The molecule has 0 saturated carbocycles. The van der Waals surface area contributed by atoms with E-state index in [1.165, 1.54) is 0 Å². The first-order valence-corrected chi connectivity index (χ1v) is 5.92. The van der Waals surface area contributed by atoms with Crippen molar-refractivity contribution in [1.82, 2.24) is 4.57 Å². The summed E-state index contributed by atoms with van der Waals surface area (Å²) < 4.78 is 5.21. The van der Waals surface area contributed by atoms with Gasteiger partial charge in [-0.3, -0.25) is 0 Å². The van der Waals surface area contributed by atoms with Crippen molar-refractivity contribution in [2.75, 3.05) is 0 Å². The quantitative estimate of drug-likeness (QED) is 0.522. The SMILES string of the molecule is Cn1c(I)c(I)c(C#N)c1I. The molecular weight excluding hydrogens is 481 g/mol. The molecule has 11 heavy (non-hydrogen) atoms. The van der Waals surface area contributed by atoms with Gasteiger partial charge in [0.15, 0.2) is 0 Å². The van der Waals surface area contributed by atoms with Gasteiger partial charge in [0.25, 0.3) is 0 Å². The van der Waals surface area contributed by atoms with Crippen molar-refractivity contribution in [3.05, 3.63) is 16.5 Å². The lowest BCUT2D eigenvalue weighted by molar-refractivity contribution is 0.868. The third-order valence-corrected chi connectivity index (χ3v) is 5.92. The summed E-state index contributed by atoms with van der Waals surface area (Å²) in [5, 5.41) is 8.76. The molecule has 0 aromatic carbocycles. The second kappa shape index (κ2) is 3.78. The summed E-state index contributed by atoms with van der Waals surface area (Å²) in [6, 6.07) is 2.18. The molecule has 0 fully saturated rings. The van der Waals surface area contributed by atoms with E-state index < -0.39 is 0 Å². The van der Waals surface area contributed by atoms with Gasteiger partial charge in [0.2, 0.25) is 0 Å². The van der Waals surface area contributed by atoms with E-state index in [0.29, 0.717) is 0 Å². The van der Waals surface area contributed by atoms with E-state index in [0.717, 1.165) is 16.5 Å². The zero-order valence-electron chi connectivity index (χ0n) is 5.53. The minimum Gasteiger partial charge on any atom is -0.333 e. The second-order valence-electron chi connectivity index (χ2n) is 1.94. The summed E-state index contributed by atoms with van der Waals surface area (Å²) in [7, 11) is 1.96. The number of rotatable bonds is 0. The fourth-order valence-electron chi connectivity index (χ4n) is 0.690. The first-order valence-electron chi connectivity index (χ1n) is 2.68. The fraction of sp³-hybridized carbons (Fsp3) is 0.167. The van der Waals surface area contributed by atoms with Crippen molar-refractivity contribution in [3.63, 3.8) is 0 Å². The number of hydrogen-bond acceptors (Lipinski definition) is 1. The van der Waals surface area contributed by atoms with Crippen LogP contribution in [0.1, 0.15) is 5.56 Å². The Labute approximate surface area is 106 Å². The van der Waals surface area contributed by atoms with E-state index in [1.807, 2.05) is 11.6 Å². The Morgan fingerprint density at radius 2 is 1.82 bits per heavy atom. The maximum atomic E-state index is 8.76. The Bertz CT molecular complexity index is 309. The summed E-state index contributed by atoms with van der Waals surface area (Å²) in [5.41, 5.74) is 0.790. The minimum atomic E-state index is 0.790. The van der Waals surface area contributed by atoms with Crippen molar-refractivity contribution in [2.45, 2.75) is 0 Å². The van der Waals surface area contributed by atoms with Crippen LogP contribution >= 0.6 is 67.8 Å². The van der Waals surface area contributed by atoms with Crippen molar-refractivity contribution >= 4 is 67.8 Å². The lowest BCUT2D eigenvalue weighted by Crippen LogP contribution is -1.92. The van der Waals surface area contributed by atoms with E-state index in [2.05, 4.69) is 73.8 Å². The third kappa shape index (κ3) is 1.67. The van der Waals surface area contributed by atoms with Crippen LogP contribution in [-0.4, -0.2) is 4.57 Å². The van der Waals surface area contributed by atoms with E-state index in [-0.39, 0.29) is 0 Å². The zero-order chi connectivity index (χ0) is 8.59. The normalized spacial score (nSPS) is 9.73. The van der Waals surface area contributed by atoms with Gasteiger partial charge in [0.05, 0.1) is 16.5 Å². The van der Waals surface area contributed by atoms with Crippen molar-refractivity contribution in [3.8, 4) is 6.07 Å². The number of halogens is 3. The molecule has 0 saturated heterocycles.